The lowest BCUT2D eigenvalue weighted by molar-refractivity contribution is -0.315. The van der Waals surface area contributed by atoms with Crippen LogP contribution in [0.4, 0.5) is 0 Å². The first kappa shape index (κ1) is 27.1. The highest BCUT2D eigenvalue weighted by molar-refractivity contribution is 9.10. The smallest absolute Gasteiger partial charge is 0.275 e. The Kier molecular flexibility index (Phi) is 9.50. The van der Waals surface area contributed by atoms with E-state index < -0.39 is 14.0 Å². The van der Waals surface area contributed by atoms with Crippen LogP contribution in [0.5, 0.6) is 0 Å². The number of ether oxygens (including phenoxy) is 2. The number of unbranched alkanes of at least 4 members (excludes halogenated alkanes) is 1. The van der Waals surface area contributed by atoms with Gasteiger partial charge in [-0.05, 0) is 46.9 Å². The summed E-state index contributed by atoms with van der Waals surface area (Å²) in [7, 11) is -1.18. The molecule has 0 radical (unpaired) electrons. The van der Waals surface area contributed by atoms with Gasteiger partial charge in [-0.25, -0.2) is 4.98 Å². The van der Waals surface area contributed by atoms with Crippen molar-refractivity contribution < 1.29 is 29.2 Å². The fourth-order valence-corrected chi connectivity index (χ4v) is 4.83. The van der Waals surface area contributed by atoms with Crippen LogP contribution in [0, 0.1) is 0 Å². The van der Waals surface area contributed by atoms with E-state index in [1.807, 2.05) is 28.8 Å². The molecule has 3 aromatic rings. The number of halogens is 1. The Bertz CT molecular complexity index is 1050. The molecule has 0 amide bonds. The van der Waals surface area contributed by atoms with E-state index in [4.69, 9.17) is 34.2 Å². The second-order valence-electron chi connectivity index (χ2n) is 9.71. The van der Waals surface area contributed by atoms with Gasteiger partial charge in [0.1, 0.15) is 28.4 Å². The van der Waals surface area contributed by atoms with E-state index in [9.17, 15) is 0 Å². The van der Waals surface area contributed by atoms with Crippen LogP contribution in [0.1, 0.15) is 25.1 Å². The van der Waals surface area contributed by atoms with E-state index in [2.05, 4.69) is 35.6 Å². The van der Waals surface area contributed by atoms with Crippen molar-refractivity contribution in [3.8, 4) is 11.3 Å². The maximum absolute atomic E-state index is 8.94. The van der Waals surface area contributed by atoms with Crippen molar-refractivity contribution in [3.63, 3.8) is 0 Å². The average molecular weight is 556 g/mol. The lowest BCUT2D eigenvalue weighted by atomic mass is 10.1. The number of aliphatic hydroxyl groups is 3. The van der Waals surface area contributed by atoms with Gasteiger partial charge in [-0.15, -0.1) is 0 Å². The van der Waals surface area contributed by atoms with Gasteiger partial charge >= 0.3 is 0 Å². The van der Waals surface area contributed by atoms with Crippen LogP contribution in [0.25, 0.3) is 22.2 Å². The molecule has 0 fully saturated rings. The van der Waals surface area contributed by atoms with Crippen molar-refractivity contribution >= 4 is 35.0 Å². The van der Waals surface area contributed by atoms with E-state index >= 15 is 0 Å². The van der Waals surface area contributed by atoms with E-state index in [1.165, 1.54) is 0 Å². The number of aromatic nitrogens is 2. The zero-order valence-electron chi connectivity index (χ0n) is 20.1. The number of hydrogen-bond donors (Lipinski definition) is 3. The van der Waals surface area contributed by atoms with Crippen molar-refractivity contribution in [1.82, 2.24) is 9.55 Å². The molecule has 3 rings (SSSR count). The molecule has 0 atom stereocenters. The molecule has 0 aliphatic carbocycles. The Labute approximate surface area is 209 Å². The van der Waals surface area contributed by atoms with Gasteiger partial charge in [-0.3, -0.25) is 4.57 Å². The van der Waals surface area contributed by atoms with Crippen molar-refractivity contribution in [1.29, 1.82) is 0 Å². The maximum atomic E-state index is 8.94. The predicted molar refractivity (Wildman–Crippen MR) is 137 cm³/mol. The number of furan rings is 1. The van der Waals surface area contributed by atoms with Crippen molar-refractivity contribution in [3.05, 3.63) is 41.0 Å². The minimum atomic E-state index is -2.61. The highest BCUT2D eigenvalue weighted by atomic mass is 79.9. The van der Waals surface area contributed by atoms with Crippen molar-refractivity contribution in [2.45, 2.75) is 64.1 Å². The van der Waals surface area contributed by atoms with E-state index in [1.54, 1.807) is 6.26 Å². The molecule has 0 bridgehead atoms. The third kappa shape index (κ3) is 8.30. The summed E-state index contributed by atoms with van der Waals surface area (Å²) in [4.78, 5) is 4.89. The molecule has 3 N–H and O–H groups in total. The van der Waals surface area contributed by atoms with Crippen LogP contribution >= 0.6 is 15.9 Å². The summed E-state index contributed by atoms with van der Waals surface area (Å²) >= 11 is 3.73. The van der Waals surface area contributed by atoms with Gasteiger partial charge < -0.3 is 29.2 Å². The van der Waals surface area contributed by atoms with Crippen LogP contribution in [-0.2, 0) is 22.6 Å². The van der Waals surface area contributed by atoms with E-state index in [0.717, 1.165) is 38.7 Å². The molecule has 0 saturated heterocycles. The standard InChI is InChI=1S/C24H35BrN2O6Si/c1-34(2,3)15-14-32-17-27-21(9-12-31-11-5-4-10-24(28,29)30)26-22(23(27)25)19-7-6-18-8-13-33-20(18)16-19/h6-8,13,16,28-30H,4-5,9-12,14-15,17H2,1-3H3. The van der Waals surface area contributed by atoms with E-state index in [0.29, 0.717) is 45.8 Å². The van der Waals surface area contributed by atoms with Gasteiger partial charge in [0.15, 0.2) is 0 Å². The maximum Gasteiger partial charge on any atom is 0.275 e. The fraction of sp³-hybridized carbons (Fsp3) is 0.542. The highest BCUT2D eigenvalue weighted by Gasteiger charge is 2.19. The lowest BCUT2D eigenvalue weighted by Gasteiger charge is -2.16. The summed E-state index contributed by atoms with van der Waals surface area (Å²) in [6.45, 7) is 9.04. The van der Waals surface area contributed by atoms with E-state index in [-0.39, 0.29) is 6.42 Å². The number of nitrogens with zero attached hydrogens (tertiary/aromatic N) is 2. The number of fused-ring (bicyclic) bond motifs is 1. The molecule has 1 aromatic carbocycles. The number of rotatable bonds is 14. The third-order valence-corrected chi connectivity index (χ3v) is 7.96. The van der Waals surface area contributed by atoms with Crippen molar-refractivity contribution in [2.24, 2.45) is 0 Å². The molecule has 34 heavy (non-hydrogen) atoms. The van der Waals surface area contributed by atoms with Gasteiger partial charge in [0.05, 0.1) is 12.9 Å². The Morgan fingerprint density at radius 2 is 1.85 bits per heavy atom. The van der Waals surface area contributed by atoms with Gasteiger partial charge in [-0.1, -0.05) is 31.8 Å². The van der Waals surface area contributed by atoms with Crippen LogP contribution in [0.15, 0.2) is 39.5 Å². The minimum Gasteiger partial charge on any atom is -0.464 e. The van der Waals surface area contributed by atoms with Gasteiger partial charge in [-0.2, -0.15) is 0 Å². The van der Waals surface area contributed by atoms with Gasteiger partial charge in [0, 0.05) is 45.1 Å². The minimum absolute atomic E-state index is 0.105. The van der Waals surface area contributed by atoms with Crippen molar-refractivity contribution in [2.75, 3.05) is 19.8 Å². The van der Waals surface area contributed by atoms with Crippen LogP contribution in [0.3, 0.4) is 0 Å². The third-order valence-electron chi connectivity index (χ3n) is 5.45. The van der Waals surface area contributed by atoms with Crippen LogP contribution in [0.2, 0.25) is 25.7 Å². The number of benzene rings is 1. The largest absolute Gasteiger partial charge is 0.464 e. The molecule has 2 heterocycles. The second-order valence-corrected chi connectivity index (χ2v) is 16.1. The predicted octanol–water partition coefficient (Wildman–Crippen LogP) is 4.73. The summed E-state index contributed by atoms with van der Waals surface area (Å²) < 4.78 is 20.2. The molecule has 0 unspecified atom stereocenters. The monoisotopic (exact) mass is 554 g/mol. The highest BCUT2D eigenvalue weighted by Crippen LogP contribution is 2.31. The van der Waals surface area contributed by atoms with Gasteiger partial charge in [0.2, 0.25) is 0 Å². The molecular formula is C24H35BrN2O6Si. The fourth-order valence-electron chi connectivity index (χ4n) is 3.45. The van der Waals surface area contributed by atoms with Crippen LogP contribution in [-0.4, -0.2) is 58.7 Å². The molecule has 0 saturated carbocycles. The molecule has 2 aromatic heterocycles. The Morgan fingerprint density at radius 1 is 1.06 bits per heavy atom. The Morgan fingerprint density at radius 3 is 2.59 bits per heavy atom. The molecular weight excluding hydrogens is 520 g/mol. The summed E-state index contributed by atoms with van der Waals surface area (Å²) in [5, 5.41) is 27.9. The normalized spacial score (nSPS) is 12.7. The first-order valence-corrected chi connectivity index (χ1v) is 16.1. The Balaban J connectivity index is 1.66. The summed E-state index contributed by atoms with van der Waals surface area (Å²) in [5.74, 6) is -1.75. The zero-order valence-corrected chi connectivity index (χ0v) is 22.7. The quantitative estimate of drug-likeness (QED) is 0.150. The molecule has 10 heteroatoms. The zero-order chi connectivity index (χ0) is 24.8. The first-order valence-electron chi connectivity index (χ1n) is 11.6. The SMILES string of the molecule is C[Si](C)(C)CCOCn1c(CCOCCCCC(O)(O)O)nc(-c2ccc3ccoc3c2)c1Br. The summed E-state index contributed by atoms with van der Waals surface area (Å²) in [6.07, 6.45) is 3.25. The number of hydrogen-bond acceptors (Lipinski definition) is 7. The lowest BCUT2D eigenvalue weighted by Crippen LogP contribution is -2.26. The van der Waals surface area contributed by atoms with Gasteiger partial charge in [0.25, 0.3) is 5.97 Å². The second kappa shape index (κ2) is 11.9. The van der Waals surface area contributed by atoms with Crippen LogP contribution < -0.4 is 0 Å². The molecule has 0 aliphatic rings. The Hall–Kier alpha value is -1.53. The molecule has 0 spiro atoms. The first-order chi connectivity index (χ1) is 16.0. The molecule has 188 valence electrons. The number of imidazole rings is 1. The summed E-state index contributed by atoms with van der Waals surface area (Å²) in [6, 6.07) is 9.07. The molecule has 8 nitrogen and oxygen atoms in total. The molecule has 0 aliphatic heterocycles. The average Bonchev–Trinajstić information content (AvgIpc) is 3.33. The summed E-state index contributed by atoms with van der Waals surface area (Å²) in [5.41, 5.74) is 2.60. The topological polar surface area (TPSA) is 110 Å².